The normalized spacial score (nSPS) is 13.6. The van der Waals surface area contributed by atoms with E-state index >= 15 is 0 Å². The number of halogens is 1. The molecule has 11 heavy (non-hydrogen) atoms. The molecule has 0 radical (unpaired) electrons. The minimum atomic E-state index is -0.937. The molecule has 0 rings (SSSR count). The number of alkyl halides is 1. The Kier molecular flexibility index (Phi) is 7.62. The highest BCUT2D eigenvalue weighted by molar-refractivity contribution is 7.97. The molecule has 0 saturated carbocycles. The molecule has 3 heteroatoms. The van der Waals surface area contributed by atoms with Gasteiger partial charge in [-0.15, -0.1) is 6.58 Å². The molecule has 0 aliphatic rings. The van der Waals surface area contributed by atoms with Crippen LogP contribution in [-0.4, -0.2) is 12.8 Å². The SMILES string of the molecule is C=CC(F)C/C=C/SOCC. The van der Waals surface area contributed by atoms with Crippen LogP contribution in [0.1, 0.15) is 13.3 Å². The number of hydrogen-bond donors (Lipinski definition) is 0. The van der Waals surface area contributed by atoms with Gasteiger partial charge in [0.15, 0.2) is 0 Å². The van der Waals surface area contributed by atoms with Crippen LogP contribution in [0.3, 0.4) is 0 Å². The van der Waals surface area contributed by atoms with Crippen LogP contribution in [0.25, 0.3) is 0 Å². The van der Waals surface area contributed by atoms with Gasteiger partial charge >= 0.3 is 0 Å². The summed E-state index contributed by atoms with van der Waals surface area (Å²) in [5, 5.41) is 1.74. The summed E-state index contributed by atoms with van der Waals surface area (Å²) >= 11 is 1.22. The smallest absolute Gasteiger partial charge is 0.121 e. The van der Waals surface area contributed by atoms with E-state index < -0.39 is 6.17 Å². The molecule has 0 N–H and O–H groups in total. The van der Waals surface area contributed by atoms with Crippen LogP contribution >= 0.6 is 12.0 Å². The Morgan fingerprint density at radius 1 is 1.73 bits per heavy atom. The molecule has 0 fully saturated rings. The lowest BCUT2D eigenvalue weighted by atomic mass is 10.3. The second-order valence-corrected chi connectivity index (χ2v) is 2.56. The minimum Gasteiger partial charge on any atom is -0.311 e. The van der Waals surface area contributed by atoms with Crippen LogP contribution in [0.2, 0.25) is 0 Å². The fourth-order valence-corrected chi connectivity index (χ4v) is 0.833. The van der Waals surface area contributed by atoms with Gasteiger partial charge in [-0.3, -0.25) is 0 Å². The molecule has 0 bridgehead atoms. The molecule has 0 heterocycles. The molecule has 64 valence electrons. The molecule has 0 aliphatic heterocycles. The van der Waals surface area contributed by atoms with Gasteiger partial charge < -0.3 is 4.18 Å². The van der Waals surface area contributed by atoms with Crippen molar-refractivity contribution in [2.45, 2.75) is 19.5 Å². The van der Waals surface area contributed by atoms with Crippen molar-refractivity contribution in [1.82, 2.24) is 0 Å². The van der Waals surface area contributed by atoms with Gasteiger partial charge in [-0.05, 0) is 12.3 Å². The zero-order chi connectivity index (χ0) is 8.53. The van der Waals surface area contributed by atoms with Gasteiger partial charge in [0.2, 0.25) is 0 Å². The summed E-state index contributed by atoms with van der Waals surface area (Å²) in [4.78, 5) is 0. The lowest BCUT2D eigenvalue weighted by molar-refractivity contribution is 0.402. The summed E-state index contributed by atoms with van der Waals surface area (Å²) in [6, 6.07) is 0. The van der Waals surface area contributed by atoms with E-state index in [-0.39, 0.29) is 0 Å². The summed E-state index contributed by atoms with van der Waals surface area (Å²) in [7, 11) is 0. The van der Waals surface area contributed by atoms with Crippen LogP contribution in [0, 0.1) is 0 Å². The van der Waals surface area contributed by atoms with E-state index in [9.17, 15) is 4.39 Å². The van der Waals surface area contributed by atoms with Gasteiger partial charge in [-0.1, -0.05) is 12.2 Å². The average molecular weight is 176 g/mol. The summed E-state index contributed by atoms with van der Waals surface area (Å²) in [5.74, 6) is 0. The summed E-state index contributed by atoms with van der Waals surface area (Å²) in [6.45, 7) is 5.90. The van der Waals surface area contributed by atoms with Gasteiger partial charge in [-0.25, -0.2) is 4.39 Å². The van der Waals surface area contributed by atoms with Crippen molar-refractivity contribution >= 4 is 12.0 Å². The Morgan fingerprint density at radius 2 is 2.45 bits per heavy atom. The molecular formula is C8H13FOS. The quantitative estimate of drug-likeness (QED) is 0.349. The molecule has 0 amide bonds. The third kappa shape index (κ3) is 7.62. The van der Waals surface area contributed by atoms with Crippen molar-refractivity contribution in [1.29, 1.82) is 0 Å². The van der Waals surface area contributed by atoms with E-state index in [0.29, 0.717) is 13.0 Å². The lowest BCUT2D eigenvalue weighted by Gasteiger charge is -1.94. The third-order valence-corrected chi connectivity index (χ3v) is 1.63. The highest BCUT2D eigenvalue weighted by atomic mass is 32.2. The maximum absolute atomic E-state index is 12.4. The van der Waals surface area contributed by atoms with E-state index in [1.54, 1.807) is 11.5 Å². The molecule has 0 spiro atoms. The predicted molar refractivity (Wildman–Crippen MR) is 48.1 cm³/mol. The fourth-order valence-electron chi connectivity index (χ4n) is 0.428. The van der Waals surface area contributed by atoms with Gasteiger partial charge in [0, 0.05) is 18.5 Å². The molecule has 1 nitrogen and oxygen atoms in total. The van der Waals surface area contributed by atoms with Crippen molar-refractivity contribution in [3.8, 4) is 0 Å². The van der Waals surface area contributed by atoms with Crippen LogP contribution in [0.5, 0.6) is 0 Å². The highest BCUT2D eigenvalue weighted by Crippen LogP contribution is 2.06. The van der Waals surface area contributed by atoms with Crippen molar-refractivity contribution < 1.29 is 8.57 Å². The Hall–Kier alpha value is -0.280. The second kappa shape index (κ2) is 7.82. The summed E-state index contributed by atoms with van der Waals surface area (Å²) < 4.78 is 17.4. The van der Waals surface area contributed by atoms with Crippen molar-refractivity contribution in [2.24, 2.45) is 0 Å². The third-order valence-electron chi connectivity index (χ3n) is 0.955. The number of allylic oxidation sites excluding steroid dienone is 2. The first-order chi connectivity index (χ1) is 5.31. The maximum Gasteiger partial charge on any atom is 0.121 e. The van der Waals surface area contributed by atoms with E-state index in [1.807, 2.05) is 6.92 Å². The second-order valence-electron chi connectivity index (χ2n) is 1.86. The maximum atomic E-state index is 12.4. The van der Waals surface area contributed by atoms with E-state index in [4.69, 9.17) is 4.18 Å². The Labute approximate surface area is 71.5 Å². The van der Waals surface area contributed by atoms with E-state index in [0.717, 1.165) is 0 Å². The van der Waals surface area contributed by atoms with Crippen LogP contribution < -0.4 is 0 Å². The molecule has 0 aliphatic carbocycles. The van der Waals surface area contributed by atoms with E-state index in [1.165, 1.54) is 18.1 Å². The van der Waals surface area contributed by atoms with Crippen LogP contribution in [0.15, 0.2) is 24.1 Å². The summed E-state index contributed by atoms with van der Waals surface area (Å²) in [6.07, 6.45) is 2.46. The zero-order valence-electron chi connectivity index (χ0n) is 6.63. The molecule has 0 aromatic carbocycles. The van der Waals surface area contributed by atoms with Crippen LogP contribution in [0.4, 0.5) is 4.39 Å². The Bertz CT molecular complexity index is 125. The van der Waals surface area contributed by atoms with Crippen molar-refractivity contribution in [3.05, 3.63) is 24.1 Å². The molecule has 1 unspecified atom stereocenters. The fraction of sp³-hybridized carbons (Fsp3) is 0.500. The van der Waals surface area contributed by atoms with Crippen LogP contribution in [-0.2, 0) is 4.18 Å². The molecular weight excluding hydrogens is 163 g/mol. The first-order valence-corrected chi connectivity index (χ1v) is 4.31. The van der Waals surface area contributed by atoms with Gasteiger partial charge in [0.1, 0.15) is 6.17 Å². The standard InChI is InChI=1S/C8H13FOS/c1-3-8(9)6-5-7-11-10-4-2/h3,5,7-8H,1,4,6H2,2H3/b7-5+. The topological polar surface area (TPSA) is 9.23 Å². The monoisotopic (exact) mass is 176 g/mol. The predicted octanol–water partition coefficient (Wildman–Crippen LogP) is 3.10. The van der Waals surface area contributed by atoms with Crippen molar-refractivity contribution in [3.63, 3.8) is 0 Å². The summed E-state index contributed by atoms with van der Waals surface area (Å²) in [5.41, 5.74) is 0. The molecule has 1 atom stereocenters. The largest absolute Gasteiger partial charge is 0.311 e. The molecule has 0 aromatic heterocycles. The molecule has 0 aromatic rings. The Balaban J connectivity index is 3.21. The van der Waals surface area contributed by atoms with E-state index in [2.05, 4.69) is 6.58 Å². The van der Waals surface area contributed by atoms with Crippen molar-refractivity contribution in [2.75, 3.05) is 6.61 Å². The minimum absolute atomic E-state index is 0.379. The molecule has 0 saturated heterocycles. The first kappa shape index (κ1) is 10.7. The number of rotatable bonds is 6. The zero-order valence-corrected chi connectivity index (χ0v) is 7.44. The van der Waals surface area contributed by atoms with Gasteiger partial charge in [0.05, 0.1) is 6.61 Å². The highest BCUT2D eigenvalue weighted by Gasteiger charge is 1.94. The van der Waals surface area contributed by atoms with Gasteiger partial charge in [-0.2, -0.15) is 0 Å². The lowest BCUT2D eigenvalue weighted by Crippen LogP contribution is -1.89. The first-order valence-electron chi connectivity index (χ1n) is 3.51. The number of hydrogen-bond acceptors (Lipinski definition) is 2. The Morgan fingerprint density at radius 3 is 3.00 bits per heavy atom. The van der Waals surface area contributed by atoms with Gasteiger partial charge in [0.25, 0.3) is 0 Å². The average Bonchev–Trinajstić information content (AvgIpc) is 2.04.